The maximum Gasteiger partial charge on any atom is 0.340 e. The van der Waals surface area contributed by atoms with Crippen molar-refractivity contribution in [2.75, 3.05) is 4.90 Å². The predicted molar refractivity (Wildman–Crippen MR) is 177 cm³/mol. The van der Waals surface area contributed by atoms with Gasteiger partial charge < -0.3 is 24.6 Å². The van der Waals surface area contributed by atoms with Gasteiger partial charge in [0.15, 0.2) is 5.60 Å². The van der Waals surface area contributed by atoms with Gasteiger partial charge >= 0.3 is 5.97 Å². The van der Waals surface area contributed by atoms with E-state index in [0.29, 0.717) is 46.8 Å². The molecule has 1 unspecified atom stereocenters. The van der Waals surface area contributed by atoms with E-state index in [0.717, 1.165) is 17.1 Å². The number of nitrogens with zero attached hydrogens (tertiary/aromatic N) is 5. The SMILES string of the molecule is O=C1OC2(c3ccc(O)cc3Oc3cc(O)c(N=Nc4ccc(N(Cc5ccccn5)Cc5ccccn5)cc4)cc32)c2ccccc21. The van der Waals surface area contributed by atoms with Gasteiger partial charge in [-0.3, -0.25) is 9.97 Å². The number of phenolic OH excluding ortho intramolecular Hbond substituents is 2. The second-order valence-electron chi connectivity index (χ2n) is 11.5. The summed E-state index contributed by atoms with van der Waals surface area (Å²) in [6.45, 7) is 1.17. The van der Waals surface area contributed by atoms with Gasteiger partial charge in [-0.15, -0.1) is 5.11 Å². The minimum atomic E-state index is -1.38. The highest BCUT2D eigenvalue weighted by Crippen LogP contribution is 2.58. The number of hydrogen-bond donors (Lipinski definition) is 2. The van der Waals surface area contributed by atoms with Crippen LogP contribution in [0.15, 0.2) is 138 Å². The smallest absolute Gasteiger partial charge is 0.340 e. The second-order valence-corrected chi connectivity index (χ2v) is 11.5. The number of rotatable bonds is 7. The maximum atomic E-state index is 13.2. The number of hydrogen-bond acceptors (Lipinski definition) is 10. The standard InChI is InChI=1S/C38H27N5O5/c44-28-15-16-31-35(19-28)47-36-21-34(45)33(20-32(36)38(31)30-10-2-1-9-29(30)37(46)48-38)42-41-24-11-13-27(14-12-24)43(22-25-7-3-5-17-39-25)23-26-8-4-6-18-40-26/h1-21,44-45H,22-23H2. The Kier molecular flexibility index (Phi) is 7.02. The van der Waals surface area contributed by atoms with Gasteiger partial charge in [0.25, 0.3) is 0 Å². The van der Waals surface area contributed by atoms with Crippen molar-refractivity contribution in [1.29, 1.82) is 0 Å². The monoisotopic (exact) mass is 633 g/mol. The lowest BCUT2D eigenvalue weighted by Gasteiger charge is -2.36. The Morgan fingerprint density at radius 2 is 1.38 bits per heavy atom. The van der Waals surface area contributed by atoms with Crippen LogP contribution in [0.5, 0.6) is 23.0 Å². The van der Waals surface area contributed by atoms with E-state index in [1.165, 1.54) is 18.2 Å². The highest BCUT2D eigenvalue weighted by Gasteiger charge is 2.53. The molecule has 1 spiro atoms. The molecular weight excluding hydrogens is 606 g/mol. The van der Waals surface area contributed by atoms with Crippen molar-refractivity contribution in [3.05, 3.63) is 161 Å². The highest BCUT2D eigenvalue weighted by molar-refractivity contribution is 5.97. The molecule has 0 aliphatic carbocycles. The van der Waals surface area contributed by atoms with Gasteiger partial charge in [0, 0.05) is 41.3 Å². The molecule has 6 aromatic rings. The fraction of sp³-hybridized carbons (Fsp3) is 0.0789. The Labute approximate surface area is 275 Å². The van der Waals surface area contributed by atoms with Crippen LogP contribution in [-0.2, 0) is 23.4 Å². The van der Waals surface area contributed by atoms with Crippen LogP contribution in [0.4, 0.5) is 17.1 Å². The van der Waals surface area contributed by atoms with E-state index in [9.17, 15) is 15.0 Å². The number of fused-ring (bicyclic) bond motifs is 6. The largest absolute Gasteiger partial charge is 0.508 e. The first kappa shape index (κ1) is 28.9. The molecule has 0 saturated heterocycles. The van der Waals surface area contributed by atoms with E-state index in [2.05, 4.69) is 25.1 Å². The fourth-order valence-electron chi connectivity index (χ4n) is 6.22. The van der Waals surface area contributed by atoms with E-state index >= 15 is 0 Å². The predicted octanol–water partition coefficient (Wildman–Crippen LogP) is 8.08. The lowest BCUT2D eigenvalue weighted by atomic mass is 9.77. The lowest BCUT2D eigenvalue weighted by Crippen LogP contribution is -2.32. The Bertz CT molecular complexity index is 2150. The summed E-state index contributed by atoms with van der Waals surface area (Å²) in [6, 6.07) is 34.1. The Morgan fingerprint density at radius 3 is 2.08 bits per heavy atom. The number of pyridine rings is 2. The average molecular weight is 634 g/mol. The molecule has 10 heteroatoms. The first-order valence-corrected chi connectivity index (χ1v) is 15.3. The molecule has 0 bridgehead atoms. The first-order valence-electron chi connectivity index (χ1n) is 15.3. The van der Waals surface area contributed by atoms with Gasteiger partial charge in [-0.05, 0) is 72.8 Å². The molecule has 2 aliphatic heterocycles. The normalized spacial score (nSPS) is 15.8. The van der Waals surface area contributed by atoms with E-state index < -0.39 is 11.6 Å². The van der Waals surface area contributed by atoms with Gasteiger partial charge in [0.2, 0.25) is 0 Å². The van der Waals surface area contributed by atoms with Crippen LogP contribution in [0.2, 0.25) is 0 Å². The van der Waals surface area contributed by atoms with Crippen molar-refractivity contribution in [2.24, 2.45) is 10.2 Å². The zero-order chi connectivity index (χ0) is 32.7. The van der Waals surface area contributed by atoms with Crippen molar-refractivity contribution in [1.82, 2.24) is 9.97 Å². The molecule has 0 fully saturated rings. The molecule has 0 radical (unpaired) electrons. The third-order valence-electron chi connectivity index (χ3n) is 8.44. The average Bonchev–Trinajstić information content (AvgIpc) is 3.40. The minimum absolute atomic E-state index is 0.0118. The van der Waals surface area contributed by atoms with Crippen LogP contribution in [-0.4, -0.2) is 26.2 Å². The van der Waals surface area contributed by atoms with Gasteiger partial charge in [-0.1, -0.05) is 30.3 Å². The summed E-state index contributed by atoms with van der Waals surface area (Å²) in [5.41, 5.74) is 4.20. The molecule has 2 N–H and O–H groups in total. The van der Waals surface area contributed by atoms with Crippen molar-refractivity contribution in [3.8, 4) is 23.0 Å². The van der Waals surface area contributed by atoms with Gasteiger partial charge in [0.1, 0.15) is 28.7 Å². The third kappa shape index (κ3) is 5.05. The zero-order valence-electron chi connectivity index (χ0n) is 25.4. The van der Waals surface area contributed by atoms with Gasteiger partial charge in [0.05, 0.1) is 41.3 Å². The second kappa shape index (κ2) is 11.7. The minimum Gasteiger partial charge on any atom is -0.508 e. The van der Waals surface area contributed by atoms with Crippen LogP contribution >= 0.6 is 0 Å². The number of carbonyl (C=O) groups excluding carboxylic acids is 1. The fourth-order valence-corrected chi connectivity index (χ4v) is 6.22. The molecule has 4 heterocycles. The summed E-state index contributed by atoms with van der Waals surface area (Å²) in [6.07, 6.45) is 3.56. The number of phenols is 2. The van der Waals surface area contributed by atoms with E-state index in [1.807, 2.05) is 72.8 Å². The lowest BCUT2D eigenvalue weighted by molar-refractivity contribution is 0.0224. The molecule has 0 saturated carbocycles. The molecule has 234 valence electrons. The molecule has 0 amide bonds. The quantitative estimate of drug-likeness (QED) is 0.133. The van der Waals surface area contributed by atoms with Crippen LogP contribution in [0.3, 0.4) is 0 Å². The molecule has 2 aromatic heterocycles. The number of aromatic hydroxyl groups is 2. The van der Waals surface area contributed by atoms with Crippen LogP contribution in [0.1, 0.15) is 38.4 Å². The number of benzene rings is 4. The summed E-state index contributed by atoms with van der Waals surface area (Å²) in [7, 11) is 0. The highest BCUT2D eigenvalue weighted by atomic mass is 16.6. The van der Waals surface area contributed by atoms with Gasteiger partial charge in [-0.2, -0.15) is 5.11 Å². The van der Waals surface area contributed by atoms with Crippen LogP contribution < -0.4 is 9.64 Å². The third-order valence-corrected chi connectivity index (χ3v) is 8.44. The molecule has 4 aromatic carbocycles. The van der Waals surface area contributed by atoms with E-state index in [-0.39, 0.29) is 22.9 Å². The molecule has 1 atom stereocenters. The van der Waals surface area contributed by atoms with Crippen LogP contribution in [0, 0.1) is 0 Å². The molecule has 48 heavy (non-hydrogen) atoms. The number of carbonyl (C=O) groups is 1. The molecule has 2 aliphatic rings. The van der Waals surface area contributed by atoms with Crippen molar-refractivity contribution in [2.45, 2.75) is 18.7 Å². The summed E-state index contributed by atoms with van der Waals surface area (Å²) in [5.74, 6) is -0.112. The number of esters is 1. The van der Waals surface area contributed by atoms with E-state index in [1.54, 1.807) is 36.7 Å². The van der Waals surface area contributed by atoms with E-state index in [4.69, 9.17) is 9.47 Å². The molecule has 8 rings (SSSR count). The van der Waals surface area contributed by atoms with Crippen molar-refractivity contribution < 1.29 is 24.5 Å². The summed E-state index contributed by atoms with van der Waals surface area (Å²) in [5, 5.41) is 30.0. The summed E-state index contributed by atoms with van der Waals surface area (Å²) in [4.78, 5) is 24.3. The Hall–Kier alpha value is -6.55. The first-order chi connectivity index (χ1) is 23.5. The Morgan fingerprint density at radius 1 is 0.688 bits per heavy atom. The maximum absolute atomic E-state index is 13.2. The van der Waals surface area contributed by atoms with Crippen molar-refractivity contribution >= 4 is 23.0 Å². The number of azo groups is 1. The Balaban J connectivity index is 1.13. The number of ether oxygens (including phenoxy) is 2. The molecule has 10 nitrogen and oxygen atoms in total. The van der Waals surface area contributed by atoms with Crippen molar-refractivity contribution in [3.63, 3.8) is 0 Å². The van der Waals surface area contributed by atoms with Crippen LogP contribution in [0.25, 0.3) is 0 Å². The topological polar surface area (TPSA) is 130 Å². The summed E-state index contributed by atoms with van der Waals surface area (Å²) < 4.78 is 12.3. The zero-order valence-corrected chi connectivity index (χ0v) is 25.4. The van der Waals surface area contributed by atoms with Gasteiger partial charge in [-0.25, -0.2) is 4.79 Å². The number of anilines is 1. The molecular formula is C38H27N5O5. The summed E-state index contributed by atoms with van der Waals surface area (Å²) >= 11 is 0. The number of aromatic nitrogens is 2.